The van der Waals surface area contributed by atoms with E-state index >= 15 is 0 Å². The number of methoxy groups -OCH3 is 1. The first kappa shape index (κ1) is 16.5. The molecule has 0 unspecified atom stereocenters. The van der Waals surface area contributed by atoms with E-state index in [1.165, 1.54) is 16.7 Å². The first-order valence-corrected chi connectivity index (χ1v) is 7.01. The lowest BCUT2D eigenvalue weighted by Crippen LogP contribution is -2.38. The molecule has 0 atom stereocenters. The third-order valence-corrected chi connectivity index (χ3v) is 3.14. The molecular weight excluding hydrogens is 298 g/mol. The topological polar surface area (TPSA) is 89.4 Å². The van der Waals surface area contributed by atoms with Crippen molar-refractivity contribution in [2.75, 3.05) is 20.7 Å². The Balaban J connectivity index is 1.91. The summed E-state index contributed by atoms with van der Waals surface area (Å²) in [5.74, 6) is -0.365. The van der Waals surface area contributed by atoms with Crippen LogP contribution in [0.2, 0.25) is 0 Å². The summed E-state index contributed by atoms with van der Waals surface area (Å²) in [5, 5.41) is 6.75. The number of carbonyl (C=O) groups is 2. The SMILES string of the molecule is COc1nn(C)cc1C(=O)N(C)CC(=O)NCc1ccccn1. The molecule has 2 rings (SSSR count). The Kier molecular flexibility index (Phi) is 5.29. The highest BCUT2D eigenvalue weighted by Gasteiger charge is 2.21. The molecule has 8 nitrogen and oxygen atoms in total. The fourth-order valence-electron chi connectivity index (χ4n) is 2.01. The Bertz CT molecular complexity index is 684. The van der Waals surface area contributed by atoms with Gasteiger partial charge in [-0.15, -0.1) is 5.10 Å². The number of nitrogens with zero attached hydrogens (tertiary/aromatic N) is 4. The summed E-state index contributed by atoms with van der Waals surface area (Å²) in [6.07, 6.45) is 3.22. The number of aromatic nitrogens is 3. The van der Waals surface area contributed by atoms with E-state index in [9.17, 15) is 9.59 Å². The number of amides is 2. The van der Waals surface area contributed by atoms with Crippen LogP contribution in [0.1, 0.15) is 16.1 Å². The zero-order chi connectivity index (χ0) is 16.8. The fourth-order valence-corrected chi connectivity index (χ4v) is 2.01. The smallest absolute Gasteiger partial charge is 0.261 e. The maximum Gasteiger partial charge on any atom is 0.261 e. The van der Waals surface area contributed by atoms with Crippen molar-refractivity contribution in [3.05, 3.63) is 41.9 Å². The molecule has 2 aromatic rings. The van der Waals surface area contributed by atoms with Crippen LogP contribution in [-0.2, 0) is 18.4 Å². The van der Waals surface area contributed by atoms with Crippen molar-refractivity contribution >= 4 is 11.8 Å². The summed E-state index contributed by atoms with van der Waals surface area (Å²) in [5.41, 5.74) is 1.07. The second kappa shape index (κ2) is 7.39. The minimum atomic E-state index is -0.331. The van der Waals surface area contributed by atoms with Crippen LogP contribution in [0.4, 0.5) is 0 Å². The molecule has 0 radical (unpaired) electrons. The first-order chi connectivity index (χ1) is 11.0. The summed E-state index contributed by atoms with van der Waals surface area (Å²) < 4.78 is 6.55. The minimum Gasteiger partial charge on any atom is -0.479 e. The van der Waals surface area contributed by atoms with E-state index in [1.54, 1.807) is 32.6 Å². The monoisotopic (exact) mass is 317 g/mol. The van der Waals surface area contributed by atoms with Crippen molar-refractivity contribution in [1.29, 1.82) is 0 Å². The molecule has 0 aliphatic carbocycles. The standard InChI is InChI=1S/C15H19N5O3/c1-19(15(22)12-9-20(2)18-14(12)23-3)10-13(21)17-8-11-6-4-5-7-16-11/h4-7,9H,8,10H2,1-3H3,(H,17,21). The van der Waals surface area contributed by atoms with E-state index in [-0.39, 0.29) is 24.2 Å². The highest BCUT2D eigenvalue weighted by molar-refractivity contribution is 5.98. The fraction of sp³-hybridized carbons (Fsp3) is 0.333. The Labute approximate surface area is 134 Å². The van der Waals surface area contributed by atoms with Crippen LogP contribution in [0.5, 0.6) is 5.88 Å². The average molecular weight is 317 g/mol. The lowest BCUT2D eigenvalue weighted by molar-refractivity contribution is -0.121. The van der Waals surface area contributed by atoms with E-state index in [0.717, 1.165) is 5.69 Å². The largest absolute Gasteiger partial charge is 0.479 e. The first-order valence-electron chi connectivity index (χ1n) is 7.01. The van der Waals surface area contributed by atoms with Crippen LogP contribution >= 0.6 is 0 Å². The molecule has 0 fully saturated rings. The molecule has 2 aromatic heterocycles. The molecule has 1 N–H and O–H groups in total. The highest BCUT2D eigenvalue weighted by Crippen LogP contribution is 2.16. The van der Waals surface area contributed by atoms with Gasteiger partial charge in [-0.25, -0.2) is 0 Å². The molecule has 0 saturated heterocycles. The number of nitrogens with one attached hydrogen (secondary N) is 1. The predicted octanol–water partition coefficient (Wildman–Crippen LogP) is 0.212. The van der Waals surface area contributed by atoms with E-state index in [0.29, 0.717) is 12.1 Å². The van der Waals surface area contributed by atoms with Crippen molar-refractivity contribution in [1.82, 2.24) is 25.0 Å². The van der Waals surface area contributed by atoms with E-state index in [2.05, 4.69) is 15.4 Å². The average Bonchev–Trinajstić information content (AvgIpc) is 2.94. The number of rotatable bonds is 6. The Hall–Kier alpha value is -2.90. The molecule has 0 spiro atoms. The molecule has 23 heavy (non-hydrogen) atoms. The Morgan fingerprint density at radius 2 is 2.17 bits per heavy atom. The number of hydrogen-bond acceptors (Lipinski definition) is 5. The number of ether oxygens (including phenoxy) is 1. The summed E-state index contributed by atoms with van der Waals surface area (Å²) in [7, 11) is 4.69. The van der Waals surface area contributed by atoms with Crippen LogP contribution in [-0.4, -0.2) is 52.2 Å². The normalized spacial score (nSPS) is 10.2. The van der Waals surface area contributed by atoms with Gasteiger partial charge in [-0.3, -0.25) is 19.3 Å². The molecule has 0 bridgehead atoms. The van der Waals surface area contributed by atoms with E-state index in [1.807, 2.05) is 12.1 Å². The van der Waals surface area contributed by atoms with Gasteiger partial charge in [-0.2, -0.15) is 0 Å². The van der Waals surface area contributed by atoms with Crippen molar-refractivity contribution in [2.45, 2.75) is 6.54 Å². The number of aryl methyl sites for hydroxylation is 1. The summed E-state index contributed by atoms with van der Waals surface area (Å²) >= 11 is 0. The van der Waals surface area contributed by atoms with Gasteiger partial charge in [0, 0.05) is 26.5 Å². The molecule has 0 aliphatic rings. The van der Waals surface area contributed by atoms with Gasteiger partial charge in [0.05, 0.1) is 25.9 Å². The third-order valence-electron chi connectivity index (χ3n) is 3.14. The number of hydrogen-bond donors (Lipinski definition) is 1. The maximum atomic E-state index is 12.3. The van der Waals surface area contributed by atoms with Crippen LogP contribution in [0.15, 0.2) is 30.6 Å². The molecule has 0 saturated carbocycles. The van der Waals surface area contributed by atoms with E-state index < -0.39 is 0 Å². The van der Waals surface area contributed by atoms with Gasteiger partial charge < -0.3 is 15.0 Å². The second-order valence-electron chi connectivity index (χ2n) is 4.98. The molecule has 122 valence electrons. The van der Waals surface area contributed by atoms with Gasteiger partial charge in [0.25, 0.3) is 5.91 Å². The van der Waals surface area contributed by atoms with Crippen LogP contribution in [0.25, 0.3) is 0 Å². The second-order valence-corrected chi connectivity index (χ2v) is 4.98. The maximum absolute atomic E-state index is 12.3. The van der Waals surface area contributed by atoms with Crippen LogP contribution in [0.3, 0.4) is 0 Å². The van der Waals surface area contributed by atoms with Gasteiger partial charge in [-0.05, 0) is 12.1 Å². The summed E-state index contributed by atoms with van der Waals surface area (Å²) in [4.78, 5) is 29.7. The van der Waals surface area contributed by atoms with E-state index in [4.69, 9.17) is 4.74 Å². The van der Waals surface area contributed by atoms with Gasteiger partial charge in [0.15, 0.2) is 0 Å². The van der Waals surface area contributed by atoms with Crippen molar-refractivity contribution in [3.63, 3.8) is 0 Å². The predicted molar refractivity (Wildman–Crippen MR) is 82.8 cm³/mol. The highest BCUT2D eigenvalue weighted by atomic mass is 16.5. The summed E-state index contributed by atoms with van der Waals surface area (Å²) in [6.45, 7) is 0.252. The van der Waals surface area contributed by atoms with Gasteiger partial charge in [-0.1, -0.05) is 6.07 Å². The molecule has 2 amide bonds. The lowest BCUT2D eigenvalue weighted by Gasteiger charge is -2.16. The molecule has 2 heterocycles. The van der Waals surface area contributed by atoms with Crippen molar-refractivity contribution < 1.29 is 14.3 Å². The quantitative estimate of drug-likeness (QED) is 0.823. The van der Waals surface area contributed by atoms with Crippen LogP contribution < -0.4 is 10.1 Å². The minimum absolute atomic E-state index is 0.0658. The number of likely N-dealkylation sites (N-methyl/N-ethyl adjacent to an activating group) is 1. The summed E-state index contributed by atoms with van der Waals surface area (Å²) in [6, 6.07) is 5.47. The molecule has 0 aromatic carbocycles. The van der Waals surface area contributed by atoms with Gasteiger partial charge in [0.2, 0.25) is 11.8 Å². The third kappa shape index (κ3) is 4.29. The van der Waals surface area contributed by atoms with Gasteiger partial charge in [0.1, 0.15) is 5.56 Å². The number of carbonyl (C=O) groups excluding carboxylic acids is 2. The number of pyridine rings is 1. The van der Waals surface area contributed by atoms with Crippen molar-refractivity contribution in [3.8, 4) is 5.88 Å². The van der Waals surface area contributed by atoms with Gasteiger partial charge >= 0.3 is 0 Å². The van der Waals surface area contributed by atoms with Crippen LogP contribution in [0, 0.1) is 0 Å². The molecule has 0 aliphatic heterocycles. The lowest BCUT2D eigenvalue weighted by atomic mass is 10.3. The van der Waals surface area contributed by atoms with Crippen molar-refractivity contribution in [2.24, 2.45) is 7.05 Å². The molecule has 8 heteroatoms. The molecular formula is C15H19N5O3. The zero-order valence-corrected chi connectivity index (χ0v) is 13.3. The Morgan fingerprint density at radius 1 is 1.39 bits per heavy atom. The zero-order valence-electron chi connectivity index (χ0n) is 13.3. The Morgan fingerprint density at radius 3 is 2.83 bits per heavy atom.